The van der Waals surface area contributed by atoms with Crippen molar-refractivity contribution in [3.63, 3.8) is 0 Å². The van der Waals surface area contributed by atoms with Gasteiger partial charge in [0.1, 0.15) is 0 Å². The van der Waals surface area contributed by atoms with E-state index in [-0.39, 0.29) is 17.9 Å². The highest BCUT2D eigenvalue weighted by atomic mass is 16.2. The zero-order chi connectivity index (χ0) is 12.3. The summed E-state index contributed by atoms with van der Waals surface area (Å²) >= 11 is 0. The fraction of sp³-hybridized carbons (Fsp3) is 0.538. The number of carbonyl (C=O) groups is 1. The highest BCUT2D eigenvalue weighted by Crippen LogP contribution is 2.20. The van der Waals surface area contributed by atoms with E-state index in [9.17, 15) is 4.79 Å². The monoisotopic (exact) mass is 233 g/mol. The van der Waals surface area contributed by atoms with Gasteiger partial charge in [0.15, 0.2) is 0 Å². The molecule has 2 heterocycles. The minimum absolute atomic E-state index is 0.162. The first kappa shape index (κ1) is 12.0. The van der Waals surface area contributed by atoms with Gasteiger partial charge in [0.05, 0.1) is 0 Å². The number of aromatic nitrogens is 1. The molecule has 2 rings (SSSR count). The van der Waals surface area contributed by atoms with E-state index in [2.05, 4.69) is 11.9 Å². The molecule has 92 valence electrons. The lowest BCUT2D eigenvalue weighted by Crippen LogP contribution is -2.32. The fourth-order valence-corrected chi connectivity index (χ4v) is 2.21. The third kappa shape index (κ3) is 3.03. The normalized spacial score (nSPS) is 21.5. The molecule has 0 aliphatic carbocycles. The van der Waals surface area contributed by atoms with Gasteiger partial charge < -0.3 is 10.6 Å². The Morgan fingerprint density at radius 1 is 1.59 bits per heavy atom. The summed E-state index contributed by atoms with van der Waals surface area (Å²) in [4.78, 5) is 17.9. The molecule has 1 aliphatic heterocycles. The molecule has 0 radical (unpaired) electrons. The molecule has 2 unspecified atom stereocenters. The molecule has 4 heteroatoms. The average molecular weight is 233 g/mol. The Morgan fingerprint density at radius 2 is 2.29 bits per heavy atom. The van der Waals surface area contributed by atoms with E-state index < -0.39 is 0 Å². The number of pyridine rings is 1. The number of nitrogens with zero attached hydrogens (tertiary/aromatic N) is 2. The van der Waals surface area contributed by atoms with Crippen molar-refractivity contribution < 1.29 is 4.79 Å². The Balaban J connectivity index is 1.91. The van der Waals surface area contributed by atoms with Crippen LogP contribution in [0.5, 0.6) is 0 Å². The van der Waals surface area contributed by atoms with Crippen molar-refractivity contribution in [3.8, 4) is 0 Å². The van der Waals surface area contributed by atoms with Crippen LogP contribution >= 0.6 is 0 Å². The molecule has 1 fully saturated rings. The molecule has 0 aromatic carbocycles. The largest absolute Gasteiger partial charge is 0.341 e. The Bertz CT molecular complexity index is 380. The topological polar surface area (TPSA) is 59.2 Å². The standard InChI is InChI=1S/C13H19N3O/c1-10(11-2-5-15-6-3-11)8-13(17)16-7-4-12(14)9-16/h2-3,5-6,10,12H,4,7-9,14H2,1H3. The first-order chi connectivity index (χ1) is 8.16. The number of amides is 1. The van der Waals surface area contributed by atoms with Gasteiger partial charge in [-0.15, -0.1) is 0 Å². The second kappa shape index (κ2) is 5.27. The maximum absolute atomic E-state index is 12.0. The van der Waals surface area contributed by atoms with Crippen molar-refractivity contribution in [2.24, 2.45) is 5.73 Å². The molecule has 0 spiro atoms. The van der Waals surface area contributed by atoms with E-state index >= 15 is 0 Å². The molecule has 4 nitrogen and oxygen atoms in total. The zero-order valence-electron chi connectivity index (χ0n) is 10.2. The Hall–Kier alpha value is -1.42. The van der Waals surface area contributed by atoms with Gasteiger partial charge in [-0.05, 0) is 30.0 Å². The van der Waals surface area contributed by atoms with Crippen molar-refractivity contribution >= 4 is 5.91 Å². The summed E-state index contributed by atoms with van der Waals surface area (Å²) in [6.07, 6.45) is 5.01. The van der Waals surface area contributed by atoms with Gasteiger partial charge in [-0.1, -0.05) is 6.92 Å². The second-order valence-electron chi connectivity index (χ2n) is 4.77. The molecular formula is C13H19N3O. The highest BCUT2D eigenvalue weighted by Gasteiger charge is 2.24. The SMILES string of the molecule is CC(CC(=O)N1CCC(N)C1)c1ccncc1. The lowest BCUT2D eigenvalue weighted by atomic mass is 9.98. The third-order valence-corrected chi connectivity index (χ3v) is 3.33. The first-order valence-corrected chi connectivity index (χ1v) is 6.10. The Kier molecular flexibility index (Phi) is 3.74. The van der Waals surface area contributed by atoms with Crippen molar-refractivity contribution in [2.45, 2.75) is 31.7 Å². The minimum atomic E-state index is 0.162. The van der Waals surface area contributed by atoms with Gasteiger partial charge in [0, 0.05) is 37.9 Å². The van der Waals surface area contributed by atoms with Crippen LogP contribution in [0.15, 0.2) is 24.5 Å². The second-order valence-corrected chi connectivity index (χ2v) is 4.77. The molecule has 1 aliphatic rings. The molecule has 1 aromatic rings. The van der Waals surface area contributed by atoms with Crippen molar-refractivity contribution in [1.82, 2.24) is 9.88 Å². The van der Waals surface area contributed by atoms with Crippen LogP contribution in [0.4, 0.5) is 0 Å². The van der Waals surface area contributed by atoms with Crippen LogP contribution < -0.4 is 5.73 Å². The van der Waals surface area contributed by atoms with Gasteiger partial charge in [-0.25, -0.2) is 0 Å². The van der Waals surface area contributed by atoms with Gasteiger partial charge in [0.2, 0.25) is 5.91 Å². The molecule has 1 saturated heterocycles. The van der Waals surface area contributed by atoms with E-state index in [0.29, 0.717) is 13.0 Å². The van der Waals surface area contributed by atoms with Crippen molar-refractivity contribution in [2.75, 3.05) is 13.1 Å². The molecule has 0 bridgehead atoms. The summed E-state index contributed by atoms with van der Waals surface area (Å²) in [7, 11) is 0. The first-order valence-electron chi connectivity index (χ1n) is 6.10. The maximum Gasteiger partial charge on any atom is 0.223 e. The molecule has 1 aromatic heterocycles. The van der Waals surface area contributed by atoms with E-state index in [1.54, 1.807) is 12.4 Å². The summed E-state index contributed by atoms with van der Waals surface area (Å²) in [5.41, 5.74) is 6.97. The summed E-state index contributed by atoms with van der Waals surface area (Å²) < 4.78 is 0. The lowest BCUT2D eigenvalue weighted by Gasteiger charge is -2.18. The number of nitrogens with two attached hydrogens (primary N) is 1. The van der Waals surface area contributed by atoms with E-state index in [4.69, 9.17) is 5.73 Å². The summed E-state index contributed by atoms with van der Waals surface area (Å²) in [5.74, 6) is 0.449. The molecule has 17 heavy (non-hydrogen) atoms. The predicted molar refractivity (Wildman–Crippen MR) is 66.4 cm³/mol. The number of rotatable bonds is 3. The predicted octanol–water partition coefficient (Wildman–Crippen LogP) is 1.13. The maximum atomic E-state index is 12.0. The molecule has 1 amide bonds. The minimum Gasteiger partial charge on any atom is -0.341 e. The van der Waals surface area contributed by atoms with Crippen LogP contribution in [0.3, 0.4) is 0 Å². The van der Waals surface area contributed by atoms with E-state index in [1.165, 1.54) is 0 Å². The van der Waals surface area contributed by atoms with Crippen molar-refractivity contribution in [1.29, 1.82) is 0 Å². The zero-order valence-corrected chi connectivity index (χ0v) is 10.2. The van der Waals surface area contributed by atoms with Gasteiger partial charge in [-0.3, -0.25) is 9.78 Å². The molecule has 2 atom stereocenters. The average Bonchev–Trinajstić information content (AvgIpc) is 2.77. The smallest absolute Gasteiger partial charge is 0.223 e. The molecule has 0 saturated carbocycles. The van der Waals surface area contributed by atoms with Crippen LogP contribution in [0.1, 0.15) is 31.2 Å². The highest BCUT2D eigenvalue weighted by molar-refractivity contribution is 5.77. The van der Waals surface area contributed by atoms with Crippen LogP contribution in [-0.2, 0) is 4.79 Å². The van der Waals surface area contributed by atoms with Crippen LogP contribution in [0, 0.1) is 0 Å². The number of carbonyl (C=O) groups excluding carboxylic acids is 1. The molecule has 2 N–H and O–H groups in total. The van der Waals surface area contributed by atoms with Crippen LogP contribution in [0.25, 0.3) is 0 Å². The van der Waals surface area contributed by atoms with E-state index in [0.717, 1.165) is 18.5 Å². The lowest BCUT2D eigenvalue weighted by molar-refractivity contribution is -0.130. The van der Waals surface area contributed by atoms with Crippen LogP contribution in [0.2, 0.25) is 0 Å². The van der Waals surface area contributed by atoms with E-state index in [1.807, 2.05) is 17.0 Å². The van der Waals surface area contributed by atoms with Crippen LogP contribution in [-0.4, -0.2) is 34.9 Å². The summed E-state index contributed by atoms with van der Waals surface area (Å²) in [6, 6.07) is 4.09. The quantitative estimate of drug-likeness (QED) is 0.851. The molecular weight excluding hydrogens is 214 g/mol. The summed E-state index contributed by atoms with van der Waals surface area (Å²) in [6.45, 7) is 3.59. The number of likely N-dealkylation sites (tertiary alicyclic amines) is 1. The Morgan fingerprint density at radius 3 is 2.88 bits per heavy atom. The van der Waals surface area contributed by atoms with Gasteiger partial charge >= 0.3 is 0 Å². The number of hydrogen-bond acceptors (Lipinski definition) is 3. The fourth-order valence-electron chi connectivity index (χ4n) is 2.21. The van der Waals surface area contributed by atoms with Gasteiger partial charge in [-0.2, -0.15) is 0 Å². The number of hydrogen-bond donors (Lipinski definition) is 1. The Labute approximate surface area is 102 Å². The third-order valence-electron chi connectivity index (χ3n) is 3.33. The van der Waals surface area contributed by atoms with Crippen molar-refractivity contribution in [3.05, 3.63) is 30.1 Å². The van der Waals surface area contributed by atoms with Gasteiger partial charge in [0.25, 0.3) is 0 Å². The summed E-state index contributed by atoms with van der Waals surface area (Å²) in [5, 5.41) is 0.